The van der Waals surface area contributed by atoms with Crippen molar-refractivity contribution in [3.05, 3.63) is 46.1 Å². The zero-order valence-electron chi connectivity index (χ0n) is 14.0. The molecular formula is C17H17ClIN5O3. The van der Waals surface area contributed by atoms with Gasteiger partial charge in [-0.3, -0.25) is 4.57 Å². The Bertz CT molecular complexity index is 955. The van der Waals surface area contributed by atoms with Crippen LogP contribution in [-0.2, 0) is 11.3 Å². The fraction of sp³-hybridized carbons (Fsp3) is 0.353. The van der Waals surface area contributed by atoms with Crippen LogP contribution in [0.3, 0.4) is 0 Å². The highest BCUT2D eigenvalue weighted by molar-refractivity contribution is 14.1. The Labute approximate surface area is 173 Å². The minimum atomic E-state index is -1.12. The molecule has 1 aliphatic heterocycles. The van der Waals surface area contributed by atoms with E-state index in [9.17, 15) is 10.2 Å². The van der Waals surface area contributed by atoms with Gasteiger partial charge in [0.25, 0.3) is 0 Å². The Morgan fingerprint density at radius 2 is 2.07 bits per heavy atom. The van der Waals surface area contributed by atoms with E-state index < -0.39 is 24.5 Å². The molecule has 3 aromatic rings. The van der Waals surface area contributed by atoms with Crippen LogP contribution >= 0.6 is 34.2 Å². The molecule has 0 spiro atoms. The van der Waals surface area contributed by atoms with Crippen molar-refractivity contribution in [2.75, 3.05) is 11.2 Å². The van der Waals surface area contributed by atoms with Gasteiger partial charge in [-0.2, -0.15) is 0 Å². The number of alkyl halides is 1. The monoisotopic (exact) mass is 501 g/mol. The molecule has 27 heavy (non-hydrogen) atoms. The molecule has 0 amide bonds. The lowest BCUT2D eigenvalue weighted by Gasteiger charge is -2.16. The van der Waals surface area contributed by atoms with Crippen LogP contribution in [0, 0.1) is 3.57 Å². The number of hydrogen-bond acceptors (Lipinski definition) is 7. The third kappa shape index (κ3) is 3.61. The number of fused-ring (bicyclic) bond motifs is 1. The predicted molar refractivity (Wildman–Crippen MR) is 108 cm³/mol. The average molecular weight is 502 g/mol. The van der Waals surface area contributed by atoms with E-state index in [1.54, 1.807) is 4.57 Å². The van der Waals surface area contributed by atoms with Crippen LogP contribution in [0.5, 0.6) is 0 Å². The van der Waals surface area contributed by atoms with E-state index in [0.717, 1.165) is 9.13 Å². The quantitative estimate of drug-likeness (QED) is 0.362. The third-order valence-electron chi connectivity index (χ3n) is 4.47. The van der Waals surface area contributed by atoms with Gasteiger partial charge in [-0.15, -0.1) is 11.6 Å². The summed E-state index contributed by atoms with van der Waals surface area (Å²) >= 11 is 8.06. The lowest BCUT2D eigenvalue weighted by molar-refractivity contribution is -0.0291. The maximum Gasteiger partial charge on any atom is 0.167 e. The molecule has 0 radical (unpaired) electrons. The van der Waals surface area contributed by atoms with Crippen molar-refractivity contribution in [2.45, 2.75) is 31.1 Å². The first-order valence-electron chi connectivity index (χ1n) is 8.32. The van der Waals surface area contributed by atoms with Crippen LogP contribution < -0.4 is 5.32 Å². The van der Waals surface area contributed by atoms with E-state index in [0.29, 0.717) is 23.5 Å². The molecule has 3 N–H and O–H groups in total. The molecule has 8 nitrogen and oxygen atoms in total. The minimum absolute atomic E-state index is 0.0824. The van der Waals surface area contributed by atoms with E-state index in [1.165, 1.54) is 12.7 Å². The molecule has 0 bridgehead atoms. The summed E-state index contributed by atoms with van der Waals surface area (Å²) in [7, 11) is 0. The first-order valence-corrected chi connectivity index (χ1v) is 9.93. The lowest BCUT2D eigenvalue weighted by atomic mass is 10.1. The number of nitrogens with zero attached hydrogens (tertiary/aromatic N) is 4. The van der Waals surface area contributed by atoms with E-state index in [1.807, 2.05) is 18.2 Å². The number of halogens is 2. The molecule has 10 heteroatoms. The molecule has 4 atom stereocenters. The normalized spacial score (nSPS) is 25.2. The molecule has 1 aromatic carbocycles. The van der Waals surface area contributed by atoms with Crippen LogP contribution in [0.4, 0.5) is 5.82 Å². The second-order valence-electron chi connectivity index (χ2n) is 6.23. The van der Waals surface area contributed by atoms with Gasteiger partial charge in [0, 0.05) is 10.1 Å². The summed E-state index contributed by atoms with van der Waals surface area (Å²) < 4.78 is 8.43. The SMILES string of the molecule is O[C@@H]1[C@H](O)[C@@H](CCl)O[C@H]1n1cnc2c(NCc3cccc(I)c3)ncnc21. The zero-order chi connectivity index (χ0) is 19.0. The van der Waals surface area contributed by atoms with Crippen LogP contribution in [0.1, 0.15) is 11.8 Å². The number of imidazole rings is 1. The van der Waals surface area contributed by atoms with E-state index >= 15 is 0 Å². The molecule has 1 aliphatic rings. The van der Waals surface area contributed by atoms with Gasteiger partial charge >= 0.3 is 0 Å². The van der Waals surface area contributed by atoms with Gasteiger partial charge in [-0.25, -0.2) is 15.0 Å². The molecule has 1 fully saturated rings. The number of anilines is 1. The molecule has 0 unspecified atom stereocenters. The highest BCUT2D eigenvalue weighted by atomic mass is 127. The summed E-state index contributed by atoms with van der Waals surface area (Å²) in [6.45, 7) is 0.589. The first-order chi connectivity index (χ1) is 13.1. The Morgan fingerprint density at radius 3 is 2.81 bits per heavy atom. The van der Waals surface area contributed by atoms with Crippen molar-refractivity contribution in [1.82, 2.24) is 19.5 Å². The van der Waals surface area contributed by atoms with Gasteiger partial charge in [0.1, 0.15) is 24.6 Å². The Balaban J connectivity index is 1.60. The first kappa shape index (κ1) is 18.8. The third-order valence-corrected chi connectivity index (χ3v) is 5.45. The maximum absolute atomic E-state index is 10.3. The van der Waals surface area contributed by atoms with Gasteiger partial charge in [0.05, 0.1) is 12.2 Å². The Kier molecular flexibility index (Phi) is 5.46. The summed E-state index contributed by atoms with van der Waals surface area (Å²) in [5.74, 6) is 0.665. The number of aliphatic hydroxyl groups excluding tert-OH is 2. The fourth-order valence-electron chi connectivity index (χ4n) is 3.09. The van der Waals surface area contributed by atoms with Gasteiger partial charge in [-0.1, -0.05) is 12.1 Å². The van der Waals surface area contributed by atoms with Crippen molar-refractivity contribution in [3.63, 3.8) is 0 Å². The molecule has 0 saturated carbocycles. The molecular weight excluding hydrogens is 485 g/mol. The molecule has 4 rings (SSSR count). The van der Waals surface area contributed by atoms with Crippen LogP contribution in [0.25, 0.3) is 11.2 Å². The largest absolute Gasteiger partial charge is 0.387 e. The molecule has 142 valence electrons. The number of aliphatic hydroxyl groups is 2. The summed E-state index contributed by atoms with van der Waals surface area (Å²) in [5.41, 5.74) is 2.18. The highest BCUT2D eigenvalue weighted by Gasteiger charge is 2.43. The van der Waals surface area contributed by atoms with Crippen molar-refractivity contribution in [2.24, 2.45) is 0 Å². The van der Waals surface area contributed by atoms with E-state index in [2.05, 4.69) is 48.9 Å². The standard InChI is InChI=1S/C17H17ClIN5O3/c18-5-11-13(25)14(26)17(27-11)24-8-23-12-15(21-7-22-16(12)24)20-6-9-2-1-3-10(19)4-9/h1-4,7-8,11,13-14,17,25-26H,5-6H2,(H,20,21,22)/t11-,13-,14-,17-/m1/s1. The number of rotatable bonds is 5. The average Bonchev–Trinajstić information content (AvgIpc) is 3.22. The second kappa shape index (κ2) is 7.84. The fourth-order valence-corrected chi connectivity index (χ4v) is 3.95. The summed E-state index contributed by atoms with van der Waals surface area (Å²) in [6, 6.07) is 8.15. The number of hydrogen-bond donors (Lipinski definition) is 3. The highest BCUT2D eigenvalue weighted by Crippen LogP contribution is 2.32. The topological polar surface area (TPSA) is 105 Å². The number of aromatic nitrogens is 4. The summed E-state index contributed by atoms with van der Waals surface area (Å²) in [5, 5.41) is 23.6. The lowest BCUT2D eigenvalue weighted by Crippen LogP contribution is -2.32. The van der Waals surface area contributed by atoms with Crippen LogP contribution in [0.15, 0.2) is 36.9 Å². The summed E-state index contributed by atoms with van der Waals surface area (Å²) in [4.78, 5) is 12.9. The van der Waals surface area contributed by atoms with Gasteiger partial charge in [0.15, 0.2) is 23.2 Å². The zero-order valence-corrected chi connectivity index (χ0v) is 16.9. The Hall–Kier alpha value is -1.53. The molecule has 1 saturated heterocycles. The molecule has 3 heterocycles. The van der Waals surface area contributed by atoms with Crippen molar-refractivity contribution in [1.29, 1.82) is 0 Å². The Morgan fingerprint density at radius 1 is 1.22 bits per heavy atom. The van der Waals surface area contributed by atoms with Crippen molar-refractivity contribution in [3.8, 4) is 0 Å². The van der Waals surface area contributed by atoms with Crippen molar-refractivity contribution < 1.29 is 14.9 Å². The van der Waals surface area contributed by atoms with Gasteiger partial charge in [0.2, 0.25) is 0 Å². The smallest absolute Gasteiger partial charge is 0.167 e. The maximum atomic E-state index is 10.3. The minimum Gasteiger partial charge on any atom is -0.387 e. The van der Waals surface area contributed by atoms with Crippen molar-refractivity contribution >= 4 is 51.2 Å². The van der Waals surface area contributed by atoms with E-state index in [4.69, 9.17) is 16.3 Å². The van der Waals surface area contributed by atoms with Gasteiger partial charge in [-0.05, 0) is 40.3 Å². The van der Waals surface area contributed by atoms with E-state index in [-0.39, 0.29) is 5.88 Å². The molecule has 2 aromatic heterocycles. The number of ether oxygens (including phenoxy) is 1. The molecule has 0 aliphatic carbocycles. The second-order valence-corrected chi connectivity index (χ2v) is 7.78. The summed E-state index contributed by atoms with van der Waals surface area (Å²) in [6.07, 6.45) is -0.702. The number of nitrogens with one attached hydrogen (secondary N) is 1. The number of benzene rings is 1. The van der Waals surface area contributed by atoms with Crippen LogP contribution in [0.2, 0.25) is 0 Å². The van der Waals surface area contributed by atoms with Crippen LogP contribution in [-0.4, -0.2) is 53.9 Å². The van der Waals surface area contributed by atoms with Gasteiger partial charge < -0.3 is 20.3 Å². The predicted octanol–water partition coefficient (Wildman–Crippen LogP) is 1.90.